The van der Waals surface area contributed by atoms with Crippen molar-refractivity contribution in [1.29, 1.82) is 0 Å². The molecule has 2 aromatic heterocycles. The van der Waals surface area contributed by atoms with Crippen LogP contribution in [0.5, 0.6) is 0 Å². The van der Waals surface area contributed by atoms with Crippen LogP contribution in [0.2, 0.25) is 0 Å². The quantitative estimate of drug-likeness (QED) is 0.525. The average molecular weight is 425 g/mol. The summed E-state index contributed by atoms with van der Waals surface area (Å²) in [5.41, 5.74) is 1.68. The Bertz CT molecular complexity index is 1300. The number of aromatic nitrogens is 2. The van der Waals surface area contributed by atoms with Gasteiger partial charge in [-0.15, -0.1) is 11.3 Å². The van der Waals surface area contributed by atoms with Crippen molar-refractivity contribution in [2.45, 2.75) is 20.0 Å². The lowest BCUT2D eigenvalue weighted by Crippen LogP contribution is -2.23. The van der Waals surface area contributed by atoms with E-state index in [1.54, 1.807) is 31.2 Å². The second-order valence-electron chi connectivity index (χ2n) is 6.85. The molecule has 152 valence electrons. The number of fused-ring (bicyclic) bond motifs is 1. The maximum absolute atomic E-state index is 13.4. The Morgan fingerprint density at radius 2 is 1.87 bits per heavy atom. The van der Waals surface area contributed by atoms with Crippen LogP contribution in [-0.4, -0.2) is 15.5 Å². The van der Waals surface area contributed by atoms with Crippen LogP contribution in [0, 0.1) is 18.6 Å². The number of thiophene rings is 1. The molecule has 0 fully saturated rings. The fraction of sp³-hybridized carbons (Fsp3) is 0.136. The van der Waals surface area contributed by atoms with Crippen LogP contribution >= 0.6 is 11.3 Å². The third-order valence-electron chi connectivity index (χ3n) is 4.73. The van der Waals surface area contributed by atoms with Gasteiger partial charge < -0.3 is 5.32 Å². The van der Waals surface area contributed by atoms with Crippen LogP contribution in [0.3, 0.4) is 0 Å². The highest BCUT2D eigenvalue weighted by Crippen LogP contribution is 2.27. The second-order valence-corrected chi connectivity index (χ2v) is 7.85. The van der Waals surface area contributed by atoms with Gasteiger partial charge in [0.1, 0.15) is 16.5 Å². The van der Waals surface area contributed by atoms with Crippen molar-refractivity contribution in [3.05, 3.63) is 98.4 Å². The van der Waals surface area contributed by atoms with Gasteiger partial charge in [0, 0.05) is 6.54 Å². The molecule has 0 saturated carbocycles. The highest BCUT2D eigenvalue weighted by molar-refractivity contribution is 7.20. The number of benzene rings is 2. The molecule has 8 heteroatoms. The van der Waals surface area contributed by atoms with Crippen LogP contribution in [0.1, 0.15) is 26.4 Å². The van der Waals surface area contributed by atoms with E-state index in [2.05, 4.69) is 10.3 Å². The number of amides is 1. The summed E-state index contributed by atoms with van der Waals surface area (Å²) in [4.78, 5) is 30.8. The summed E-state index contributed by atoms with van der Waals surface area (Å²) in [6, 6.07) is 11.9. The van der Waals surface area contributed by atoms with Gasteiger partial charge in [-0.1, -0.05) is 24.3 Å². The third kappa shape index (κ3) is 3.99. The molecule has 30 heavy (non-hydrogen) atoms. The summed E-state index contributed by atoms with van der Waals surface area (Å²) in [5.74, 6) is -1.04. The first kappa shape index (κ1) is 19.9. The number of aryl methyl sites for hydroxylation is 1. The number of halogens is 2. The lowest BCUT2D eigenvalue weighted by molar-refractivity contribution is 0.0954. The minimum atomic E-state index is -0.374. The fourth-order valence-electron chi connectivity index (χ4n) is 3.19. The summed E-state index contributed by atoms with van der Waals surface area (Å²) >= 11 is 1.14. The molecule has 0 aliphatic heterocycles. The van der Waals surface area contributed by atoms with Crippen LogP contribution in [0.25, 0.3) is 10.2 Å². The maximum Gasteiger partial charge on any atom is 0.262 e. The van der Waals surface area contributed by atoms with Gasteiger partial charge in [0.15, 0.2) is 0 Å². The first-order valence-electron chi connectivity index (χ1n) is 9.18. The molecule has 0 aliphatic carbocycles. The zero-order valence-corrected chi connectivity index (χ0v) is 16.8. The number of carbonyl (C=O) groups excluding carboxylic acids is 1. The van der Waals surface area contributed by atoms with Crippen LogP contribution in [-0.2, 0) is 13.1 Å². The SMILES string of the molecule is Cc1c(C(=O)NCc2ccc(F)cc2)sc2ncn(Cc3cccc(F)c3)c(=O)c12. The van der Waals surface area contributed by atoms with E-state index in [1.807, 2.05) is 0 Å². The Labute approximate surface area is 174 Å². The van der Waals surface area contributed by atoms with E-state index in [0.29, 0.717) is 26.2 Å². The predicted octanol–water partition coefficient (Wildman–Crippen LogP) is 4.02. The van der Waals surface area contributed by atoms with Crippen LogP contribution in [0.15, 0.2) is 59.7 Å². The smallest absolute Gasteiger partial charge is 0.262 e. The van der Waals surface area contributed by atoms with Gasteiger partial charge >= 0.3 is 0 Å². The number of hydrogen-bond acceptors (Lipinski definition) is 4. The number of carbonyl (C=O) groups is 1. The summed E-state index contributed by atoms with van der Waals surface area (Å²) < 4.78 is 27.8. The number of hydrogen-bond donors (Lipinski definition) is 1. The number of rotatable bonds is 5. The summed E-state index contributed by atoms with van der Waals surface area (Å²) in [7, 11) is 0. The molecule has 0 bridgehead atoms. The first-order valence-corrected chi connectivity index (χ1v) is 9.99. The predicted molar refractivity (Wildman–Crippen MR) is 112 cm³/mol. The minimum Gasteiger partial charge on any atom is -0.347 e. The molecule has 0 radical (unpaired) electrons. The molecule has 4 aromatic rings. The molecule has 0 saturated heterocycles. The van der Waals surface area contributed by atoms with Gasteiger partial charge in [-0.2, -0.15) is 0 Å². The molecule has 0 spiro atoms. The van der Waals surface area contributed by atoms with Crippen molar-refractivity contribution in [1.82, 2.24) is 14.9 Å². The van der Waals surface area contributed by atoms with Crippen molar-refractivity contribution >= 4 is 27.5 Å². The van der Waals surface area contributed by atoms with Gasteiger partial charge in [-0.3, -0.25) is 14.2 Å². The normalized spacial score (nSPS) is 11.0. The van der Waals surface area contributed by atoms with E-state index in [0.717, 1.165) is 16.9 Å². The van der Waals surface area contributed by atoms with Crippen molar-refractivity contribution in [2.24, 2.45) is 0 Å². The van der Waals surface area contributed by atoms with E-state index < -0.39 is 0 Å². The number of nitrogens with zero attached hydrogens (tertiary/aromatic N) is 2. The van der Waals surface area contributed by atoms with E-state index in [4.69, 9.17) is 0 Å². The van der Waals surface area contributed by atoms with E-state index in [1.165, 1.54) is 35.2 Å². The summed E-state index contributed by atoms with van der Waals surface area (Å²) in [6.07, 6.45) is 1.41. The molecule has 0 atom stereocenters. The number of nitrogens with one attached hydrogen (secondary N) is 1. The molecular weight excluding hydrogens is 408 g/mol. The Morgan fingerprint density at radius 3 is 2.60 bits per heavy atom. The fourth-order valence-corrected chi connectivity index (χ4v) is 4.24. The Hall–Kier alpha value is -3.39. The molecule has 0 unspecified atom stereocenters. The highest BCUT2D eigenvalue weighted by atomic mass is 32.1. The van der Waals surface area contributed by atoms with Crippen LogP contribution < -0.4 is 10.9 Å². The molecule has 5 nitrogen and oxygen atoms in total. The third-order valence-corrected chi connectivity index (χ3v) is 5.93. The lowest BCUT2D eigenvalue weighted by atomic mass is 10.2. The molecule has 0 aliphatic rings. The van der Waals surface area contributed by atoms with E-state index in [9.17, 15) is 18.4 Å². The molecule has 2 aromatic carbocycles. The molecule has 1 amide bonds. The highest BCUT2D eigenvalue weighted by Gasteiger charge is 2.19. The molecule has 4 rings (SSSR count). The minimum absolute atomic E-state index is 0.181. The Balaban J connectivity index is 1.60. The van der Waals surface area contributed by atoms with Crippen molar-refractivity contribution < 1.29 is 13.6 Å². The van der Waals surface area contributed by atoms with Crippen LogP contribution in [0.4, 0.5) is 8.78 Å². The first-order chi connectivity index (χ1) is 14.4. The van der Waals surface area contributed by atoms with Gasteiger partial charge in [0.25, 0.3) is 11.5 Å². The standard InChI is InChI=1S/C22H17F2N3O2S/c1-13-18-21(26-12-27(22(18)29)11-15-3-2-4-17(24)9-15)30-19(13)20(28)25-10-14-5-7-16(23)8-6-14/h2-9,12H,10-11H2,1H3,(H,25,28). The average Bonchev–Trinajstić information content (AvgIpc) is 3.07. The zero-order chi connectivity index (χ0) is 21.3. The molecule has 1 N–H and O–H groups in total. The summed E-state index contributed by atoms with van der Waals surface area (Å²) in [6.45, 7) is 2.13. The van der Waals surface area contributed by atoms with Gasteiger partial charge in [-0.05, 0) is 47.9 Å². The Kier molecular flexibility index (Phi) is 5.41. The summed E-state index contributed by atoms with van der Waals surface area (Å²) in [5, 5.41) is 3.17. The monoisotopic (exact) mass is 425 g/mol. The maximum atomic E-state index is 13.4. The largest absolute Gasteiger partial charge is 0.347 e. The van der Waals surface area contributed by atoms with Gasteiger partial charge in [0.2, 0.25) is 0 Å². The van der Waals surface area contributed by atoms with E-state index in [-0.39, 0.29) is 36.2 Å². The zero-order valence-electron chi connectivity index (χ0n) is 16.0. The van der Waals surface area contributed by atoms with Crippen molar-refractivity contribution in [3.63, 3.8) is 0 Å². The van der Waals surface area contributed by atoms with Crippen molar-refractivity contribution in [3.8, 4) is 0 Å². The molecule has 2 heterocycles. The van der Waals surface area contributed by atoms with Gasteiger partial charge in [-0.25, -0.2) is 13.8 Å². The topological polar surface area (TPSA) is 64.0 Å². The van der Waals surface area contributed by atoms with Gasteiger partial charge in [0.05, 0.1) is 23.1 Å². The van der Waals surface area contributed by atoms with Crippen molar-refractivity contribution in [2.75, 3.05) is 0 Å². The Morgan fingerprint density at radius 1 is 1.10 bits per heavy atom. The molecular formula is C22H17F2N3O2S. The second kappa shape index (κ2) is 8.16. The van der Waals surface area contributed by atoms with E-state index >= 15 is 0 Å². The lowest BCUT2D eigenvalue weighted by Gasteiger charge is -2.06.